The zero-order valence-corrected chi connectivity index (χ0v) is 10.0. The van der Waals surface area contributed by atoms with E-state index in [1.807, 2.05) is 6.92 Å². The first-order valence-electron chi connectivity index (χ1n) is 2.68. The molecule has 5 heteroatoms. The maximum atomic E-state index is 10.5. The highest BCUT2D eigenvalue weighted by Gasteiger charge is 2.38. The summed E-state index contributed by atoms with van der Waals surface area (Å²) in [5.41, 5.74) is 0. The van der Waals surface area contributed by atoms with E-state index in [2.05, 4.69) is 47.8 Å². The number of carbonyl (C=O) groups is 1. The number of alkyl halides is 3. The van der Waals surface area contributed by atoms with Gasteiger partial charge in [0.25, 0.3) is 0 Å². The molecule has 2 nitrogen and oxygen atoms in total. The van der Waals surface area contributed by atoms with Gasteiger partial charge in [-0.2, -0.15) is 0 Å². The second-order valence-electron chi connectivity index (χ2n) is 1.80. The van der Waals surface area contributed by atoms with Crippen LogP contribution in [0.15, 0.2) is 0 Å². The molecule has 0 saturated heterocycles. The molecule has 60 valence electrons. The van der Waals surface area contributed by atoms with E-state index in [9.17, 15) is 4.79 Å². The van der Waals surface area contributed by atoms with Crippen LogP contribution in [0.2, 0.25) is 0 Å². The van der Waals surface area contributed by atoms with Crippen molar-refractivity contribution in [3.05, 3.63) is 0 Å². The molecule has 0 amide bonds. The maximum Gasteiger partial charge on any atom is 0.332 e. The van der Waals surface area contributed by atoms with Crippen molar-refractivity contribution in [2.45, 2.75) is 21.4 Å². The molecule has 0 rings (SSSR count). The van der Waals surface area contributed by atoms with Gasteiger partial charge in [0.05, 0.1) is 4.83 Å². The van der Waals surface area contributed by atoms with E-state index in [1.165, 1.54) is 0 Å². The van der Waals surface area contributed by atoms with E-state index < -0.39 is 9.20 Å². The molecular weight excluding hydrogens is 332 g/mol. The summed E-state index contributed by atoms with van der Waals surface area (Å²) in [4.78, 5) is 10.4. The van der Waals surface area contributed by atoms with Crippen LogP contribution < -0.4 is 0 Å². The van der Waals surface area contributed by atoms with Crippen molar-refractivity contribution in [3.63, 3.8) is 0 Å². The minimum atomic E-state index is -1.03. The third kappa shape index (κ3) is 2.51. The summed E-state index contributed by atoms with van der Waals surface area (Å²) in [6.45, 7) is 1.90. The number of halogens is 3. The topological polar surface area (TPSA) is 37.3 Å². The molecule has 0 radical (unpaired) electrons. The Hall–Kier alpha value is 0.910. The van der Waals surface area contributed by atoms with Crippen molar-refractivity contribution in [2.75, 3.05) is 0 Å². The Morgan fingerprint density at radius 3 is 2.20 bits per heavy atom. The fraction of sp³-hybridized carbons (Fsp3) is 0.800. The summed E-state index contributed by atoms with van der Waals surface area (Å²) in [6.07, 6.45) is 0.739. The Balaban J connectivity index is 4.23. The van der Waals surface area contributed by atoms with Crippen molar-refractivity contribution < 1.29 is 9.90 Å². The lowest BCUT2D eigenvalue weighted by Gasteiger charge is -2.19. The number of aliphatic carboxylic acids is 1. The molecule has 0 aliphatic heterocycles. The molecule has 0 aromatic heterocycles. The van der Waals surface area contributed by atoms with Crippen molar-refractivity contribution in [3.8, 4) is 0 Å². The van der Waals surface area contributed by atoms with Crippen LogP contribution in [-0.2, 0) is 4.79 Å². The summed E-state index contributed by atoms with van der Waals surface area (Å²) >= 11 is 9.31. The Labute approximate surface area is 84.8 Å². The van der Waals surface area contributed by atoms with Gasteiger partial charge in [0.15, 0.2) is 3.23 Å². The van der Waals surface area contributed by atoms with E-state index in [0.717, 1.165) is 6.42 Å². The van der Waals surface area contributed by atoms with Gasteiger partial charge in [0, 0.05) is 0 Å². The lowest BCUT2D eigenvalue weighted by atomic mass is 10.2. The largest absolute Gasteiger partial charge is 0.480 e. The molecule has 0 aromatic carbocycles. The monoisotopic (exact) mass is 336 g/mol. The summed E-state index contributed by atoms with van der Waals surface area (Å²) in [6, 6.07) is 0. The van der Waals surface area contributed by atoms with Gasteiger partial charge in [-0.1, -0.05) is 54.7 Å². The molecule has 0 aromatic rings. The van der Waals surface area contributed by atoms with Crippen molar-refractivity contribution in [1.29, 1.82) is 0 Å². The van der Waals surface area contributed by atoms with Gasteiger partial charge >= 0.3 is 5.97 Å². The zero-order valence-electron chi connectivity index (χ0n) is 5.27. The lowest BCUT2D eigenvalue weighted by Crippen LogP contribution is -2.33. The predicted molar refractivity (Wildman–Crippen MR) is 51.2 cm³/mol. The lowest BCUT2D eigenvalue weighted by molar-refractivity contribution is -0.136. The van der Waals surface area contributed by atoms with Crippen LogP contribution in [0.25, 0.3) is 0 Å². The Morgan fingerprint density at radius 1 is 1.70 bits per heavy atom. The van der Waals surface area contributed by atoms with Crippen LogP contribution in [-0.4, -0.2) is 19.1 Å². The fourth-order valence-corrected chi connectivity index (χ4v) is 1.23. The fourth-order valence-electron chi connectivity index (χ4n) is 0.390. The molecule has 0 saturated carbocycles. The van der Waals surface area contributed by atoms with Crippen molar-refractivity contribution in [1.82, 2.24) is 0 Å². The van der Waals surface area contributed by atoms with E-state index in [1.54, 1.807) is 0 Å². The Kier molecular flexibility index (Phi) is 4.44. The minimum Gasteiger partial charge on any atom is -0.480 e. The molecule has 1 unspecified atom stereocenters. The van der Waals surface area contributed by atoms with Gasteiger partial charge in [0.1, 0.15) is 0 Å². The van der Waals surface area contributed by atoms with Crippen LogP contribution in [0.4, 0.5) is 0 Å². The molecule has 0 spiro atoms. The smallest absolute Gasteiger partial charge is 0.332 e. The summed E-state index contributed by atoms with van der Waals surface area (Å²) in [5, 5.41) is 8.62. The number of hydrogen-bond donors (Lipinski definition) is 1. The third-order valence-corrected chi connectivity index (χ3v) is 5.38. The van der Waals surface area contributed by atoms with Crippen LogP contribution in [0.5, 0.6) is 0 Å². The van der Waals surface area contributed by atoms with Crippen molar-refractivity contribution >= 4 is 53.8 Å². The normalized spacial score (nSPS) is 14.8. The first kappa shape index (κ1) is 10.9. The zero-order chi connectivity index (χ0) is 8.36. The van der Waals surface area contributed by atoms with Crippen LogP contribution in [0, 0.1) is 0 Å². The van der Waals surface area contributed by atoms with Crippen LogP contribution in [0.1, 0.15) is 13.3 Å². The van der Waals surface area contributed by atoms with Gasteiger partial charge in [-0.15, -0.1) is 0 Å². The van der Waals surface area contributed by atoms with E-state index >= 15 is 0 Å². The second-order valence-corrected chi connectivity index (χ2v) is 6.48. The second kappa shape index (κ2) is 4.07. The quantitative estimate of drug-likeness (QED) is 0.803. The molecule has 1 N–H and O–H groups in total. The Morgan fingerprint density at radius 2 is 2.10 bits per heavy atom. The van der Waals surface area contributed by atoms with Crippen molar-refractivity contribution in [2.24, 2.45) is 0 Å². The number of hydrogen-bond acceptors (Lipinski definition) is 1. The van der Waals surface area contributed by atoms with E-state index in [4.69, 9.17) is 5.11 Å². The molecule has 0 aliphatic rings. The molecule has 1 atom stereocenters. The molecule has 0 aliphatic carbocycles. The summed E-state index contributed by atoms with van der Waals surface area (Å²) in [5.74, 6) is -0.920. The molecule has 0 heterocycles. The number of carboxylic acids is 1. The summed E-state index contributed by atoms with van der Waals surface area (Å²) < 4.78 is -1.03. The first-order chi connectivity index (χ1) is 4.42. The van der Waals surface area contributed by atoms with Gasteiger partial charge in [0.2, 0.25) is 0 Å². The highest BCUT2D eigenvalue weighted by molar-refractivity contribution is 9.26. The maximum absolute atomic E-state index is 10.5. The third-order valence-electron chi connectivity index (χ3n) is 1.04. The van der Waals surface area contributed by atoms with E-state index in [0.29, 0.717) is 0 Å². The van der Waals surface area contributed by atoms with Gasteiger partial charge in [-0.25, -0.2) is 4.79 Å². The molecular formula is C5H7Br3O2. The van der Waals surface area contributed by atoms with Gasteiger partial charge in [-0.05, 0) is 6.42 Å². The highest BCUT2D eigenvalue weighted by atomic mass is 79.9. The first-order valence-corrected chi connectivity index (χ1v) is 5.18. The number of carboxylic acid groups (broad SMARTS) is 1. The summed E-state index contributed by atoms with van der Waals surface area (Å²) in [7, 11) is 0. The predicted octanol–water partition coefficient (Wildman–Crippen LogP) is 2.73. The minimum absolute atomic E-state index is 0.113. The average Bonchev–Trinajstić information content (AvgIpc) is 1.86. The van der Waals surface area contributed by atoms with Gasteiger partial charge < -0.3 is 5.11 Å². The number of rotatable bonds is 3. The molecule has 0 bridgehead atoms. The average molecular weight is 339 g/mol. The Bertz CT molecular complexity index is 135. The molecule has 10 heavy (non-hydrogen) atoms. The van der Waals surface area contributed by atoms with Crippen LogP contribution in [0.3, 0.4) is 0 Å². The van der Waals surface area contributed by atoms with Crippen LogP contribution >= 0.6 is 47.8 Å². The SMILES string of the molecule is CCC(Br)C(Br)(Br)C(=O)O. The standard InChI is InChI=1S/C5H7Br3O2/c1-2-3(6)5(7,8)4(9)10/h3H,2H2,1H3,(H,9,10). The van der Waals surface area contributed by atoms with E-state index in [-0.39, 0.29) is 4.83 Å². The molecule has 0 fully saturated rings. The van der Waals surface area contributed by atoms with Gasteiger partial charge in [-0.3, -0.25) is 0 Å². The highest BCUT2D eigenvalue weighted by Crippen LogP contribution is 2.36.